The predicted molar refractivity (Wildman–Crippen MR) is 76.9 cm³/mol. The molecule has 1 aliphatic heterocycles. The van der Waals surface area contributed by atoms with E-state index in [2.05, 4.69) is 5.32 Å². The lowest BCUT2D eigenvalue weighted by Gasteiger charge is -2.17. The number of carbonyl (C=O) groups excluding carboxylic acids is 2. The van der Waals surface area contributed by atoms with Gasteiger partial charge in [0.2, 0.25) is 5.91 Å². The number of halogens is 1. The van der Waals surface area contributed by atoms with Gasteiger partial charge in [-0.15, -0.1) is 0 Å². The molecule has 1 fully saturated rings. The molecule has 6 nitrogen and oxygen atoms in total. The molecule has 1 heterocycles. The number of likely N-dealkylation sites (tertiary alicyclic amines) is 1. The minimum atomic E-state index is -0.555. The molecule has 0 aromatic heterocycles. The highest BCUT2D eigenvalue weighted by Gasteiger charge is 2.30. The molecular formula is C13H16ClN3O3. The molecule has 0 radical (unpaired) electrons. The van der Waals surface area contributed by atoms with Crippen molar-refractivity contribution in [2.45, 2.75) is 12.5 Å². The smallest absolute Gasteiger partial charge is 0.340 e. The topological polar surface area (TPSA) is 84.7 Å². The van der Waals surface area contributed by atoms with Crippen LogP contribution in [0.15, 0.2) is 12.1 Å². The molecule has 1 amide bonds. The van der Waals surface area contributed by atoms with Gasteiger partial charge in [-0.2, -0.15) is 0 Å². The summed E-state index contributed by atoms with van der Waals surface area (Å²) in [7, 11) is 3.01. The van der Waals surface area contributed by atoms with Crippen molar-refractivity contribution in [1.82, 2.24) is 4.90 Å². The van der Waals surface area contributed by atoms with Crippen molar-refractivity contribution in [2.24, 2.45) is 0 Å². The van der Waals surface area contributed by atoms with Crippen molar-refractivity contribution in [3.63, 3.8) is 0 Å². The maximum Gasteiger partial charge on any atom is 0.340 e. The van der Waals surface area contributed by atoms with E-state index in [0.717, 1.165) is 0 Å². The molecule has 0 bridgehead atoms. The van der Waals surface area contributed by atoms with Crippen molar-refractivity contribution in [3.05, 3.63) is 22.7 Å². The molecule has 0 saturated carbocycles. The number of anilines is 2. The second kappa shape index (κ2) is 5.58. The van der Waals surface area contributed by atoms with Gasteiger partial charge >= 0.3 is 5.97 Å². The Morgan fingerprint density at radius 3 is 2.80 bits per heavy atom. The lowest BCUT2D eigenvalue weighted by atomic mass is 10.1. The Morgan fingerprint density at radius 2 is 2.25 bits per heavy atom. The van der Waals surface area contributed by atoms with Crippen LogP contribution in [-0.4, -0.2) is 43.5 Å². The molecule has 3 N–H and O–H groups in total. The minimum absolute atomic E-state index is 0.0336. The molecule has 1 aromatic carbocycles. The summed E-state index contributed by atoms with van der Waals surface area (Å²) < 4.78 is 4.71. The van der Waals surface area contributed by atoms with E-state index in [-0.39, 0.29) is 16.5 Å². The Morgan fingerprint density at radius 1 is 1.55 bits per heavy atom. The standard InChI is InChI=1S/C13H16ClN3O3/c1-17-4-3-10(12(17)18)16-11-8(13(19)20-2)5-7(15)6-9(11)14/h5-6,10,16H,3-4,15H2,1-2H3. The van der Waals surface area contributed by atoms with Crippen LogP contribution in [0.2, 0.25) is 5.02 Å². The summed E-state index contributed by atoms with van der Waals surface area (Å²) in [6.45, 7) is 0.663. The van der Waals surface area contributed by atoms with Crippen molar-refractivity contribution >= 4 is 34.9 Å². The lowest BCUT2D eigenvalue weighted by Crippen LogP contribution is -2.31. The number of nitrogens with two attached hydrogens (primary N) is 1. The van der Waals surface area contributed by atoms with Gasteiger partial charge in [-0.05, 0) is 18.6 Å². The summed E-state index contributed by atoms with van der Waals surface area (Å²) in [6, 6.07) is 2.60. The average molecular weight is 298 g/mol. The third kappa shape index (κ3) is 2.65. The van der Waals surface area contributed by atoms with Crippen LogP contribution in [0, 0.1) is 0 Å². The van der Waals surface area contributed by atoms with Crippen LogP contribution in [-0.2, 0) is 9.53 Å². The predicted octanol–water partition coefficient (Wildman–Crippen LogP) is 1.35. The number of methoxy groups -OCH3 is 1. The number of hydrogen-bond acceptors (Lipinski definition) is 5. The maximum atomic E-state index is 11.9. The zero-order chi connectivity index (χ0) is 14.9. The summed E-state index contributed by atoms with van der Waals surface area (Å²) in [6.07, 6.45) is 0.649. The second-order valence-electron chi connectivity index (χ2n) is 4.66. The molecule has 1 atom stereocenters. The Labute approximate surface area is 121 Å². The van der Waals surface area contributed by atoms with Gasteiger partial charge in [-0.1, -0.05) is 11.6 Å². The summed E-state index contributed by atoms with van der Waals surface area (Å²) in [5, 5.41) is 3.31. The van der Waals surface area contributed by atoms with E-state index in [9.17, 15) is 9.59 Å². The molecule has 0 aliphatic carbocycles. The largest absolute Gasteiger partial charge is 0.465 e. The Bertz CT molecular complexity index is 562. The first kappa shape index (κ1) is 14.5. The molecule has 20 heavy (non-hydrogen) atoms. The molecule has 1 saturated heterocycles. The van der Waals surface area contributed by atoms with Crippen LogP contribution in [0.1, 0.15) is 16.8 Å². The fourth-order valence-electron chi connectivity index (χ4n) is 2.18. The zero-order valence-corrected chi connectivity index (χ0v) is 12.0. The first-order chi connectivity index (χ1) is 9.43. The van der Waals surface area contributed by atoms with Gasteiger partial charge in [-0.25, -0.2) is 4.79 Å². The second-order valence-corrected chi connectivity index (χ2v) is 5.07. The number of esters is 1. The number of benzene rings is 1. The van der Waals surface area contributed by atoms with Gasteiger partial charge in [0.1, 0.15) is 6.04 Å². The molecule has 1 aromatic rings. The molecule has 2 rings (SSSR count). The Kier molecular flexibility index (Phi) is 4.04. The molecule has 108 valence electrons. The summed E-state index contributed by atoms with van der Waals surface area (Å²) >= 11 is 6.12. The van der Waals surface area contributed by atoms with Crippen LogP contribution in [0.3, 0.4) is 0 Å². The summed E-state index contributed by atoms with van der Waals surface area (Å²) in [5.41, 5.74) is 6.64. The van der Waals surface area contributed by atoms with Crippen LogP contribution >= 0.6 is 11.6 Å². The van der Waals surface area contributed by atoms with Crippen LogP contribution in [0.5, 0.6) is 0 Å². The number of nitrogens with zero attached hydrogens (tertiary/aromatic N) is 1. The van der Waals surface area contributed by atoms with Crippen LogP contribution < -0.4 is 11.1 Å². The number of ether oxygens (including phenoxy) is 1. The first-order valence-corrected chi connectivity index (χ1v) is 6.50. The number of nitrogens with one attached hydrogen (secondary N) is 1. The van der Waals surface area contributed by atoms with Crippen LogP contribution in [0.4, 0.5) is 11.4 Å². The third-order valence-corrected chi connectivity index (χ3v) is 3.56. The monoisotopic (exact) mass is 297 g/mol. The van der Waals surface area contributed by atoms with Crippen molar-refractivity contribution in [3.8, 4) is 0 Å². The normalized spacial score (nSPS) is 18.2. The van der Waals surface area contributed by atoms with E-state index in [1.165, 1.54) is 19.2 Å². The quantitative estimate of drug-likeness (QED) is 0.650. The van der Waals surface area contributed by atoms with Gasteiger partial charge < -0.3 is 20.7 Å². The highest BCUT2D eigenvalue weighted by molar-refractivity contribution is 6.34. The molecule has 1 unspecified atom stereocenters. The fourth-order valence-corrected chi connectivity index (χ4v) is 2.46. The number of hydrogen-bond donors (Lipinski definition) is 2. The van der Waals surface area contributed by atoms with E-state index < -0.39 is 12.0 Å². The highest BCUT2D eigenvalue weighted by Crippen LogP contribution is 2.31. The van der Waals surface area contributed by atoms with E-state index in [0.29, 0.717) is 24.3 Å². The minimum Gasteiger partial charge on any atom is -0.465 e. The summed E-state index contributed by atoms with van der Waals surface area (Å²) in [5.74, 6) is -0.589. The van der Waals surface area contributed by atoms with Gasteiger partial charge in [0, 0.05) is 19.3 Å². The third-order valence-electron chi connectivity index (χ3n) is 3.26. The van der Waals surface area contributed by atoms with Gasteiger partial charge in [0.05, 0.1) is 23.4 Å². The number of rotatable bonds is 3. The zero-order valence-electron chi connectivity index (χ0n) is 11.3. The van der Waals surface area contributed by atoms with Crippen LogP contribution in [0.25, 0.3) is 0 Å². The number of amides is 1. The van der Waals surface area contributed by atoms with Crippen molar-refractivity contribution < 1.29 is 14.3 Å². The molecule has 1 aliphatic rings. The van der Waals surface area contributed by atoms with Gasteiger partial charge in [0.25, 0.3) is 0 Å². The number of nitrogen functional groups attached to an aromatic ring is 1. The lowest BCUT2D eigenvalue weighted by molar-refractivity contribution is -0.127. The molecule has 7 heteroatoms. The highest BCUT2D eigenvalue weighted by atomic mass is 35.5. The van der Waals surface area contributed by atoms with Gasteiger partial charge in [0.15, 0.2) is 0 Å². The fraction of sp³-hybridized carbons (Fsp3) is 0.385. The first-order valence-electron chi connectivity index (χ1n) is 6.13. The number of likely N-dealkylation sites (N-methyl/N-ethyl adjacent to an activating group) is 1. The summed E-state index contributed by atoms with van der Waals surface area (Å²) in [4.78, 5) is 25.3. The van der Waals surface area contributed by atoms with E-state index >= 15 is 0 Å². The van der Waals surface area contributed by atoms with Crippen molar-refractivity contribution in [1.29, 1.82) is 0 Å². The van der Waals surface area contributed by atoms with Gasteiger partial charge in [-0.3, -0.25) is 4.79 Å². The SMILES string of the molecule is COC(=O)c1cc(N)cc(Cl)c1NC1CCN(C)C1=O. The van der Waals surface area contributed by atoms with Crippen molar-refractivity contribution in [2.75, 3.05) is 31.8 Å². The van der Waals surface area contributed by atoms with E-state index in [4.69, 9.17) is 22.1 Å². The molecule has 0 spiro atoms. The maximum absolute atomic E-state index is 11.9. The van der Waals surface area contributed by atoms with E-state index in [1.54, 1.807) is 11.9 Å². The van der Waals surface area contributed by atoms with E-state index in [1.807, 2.05) is 0 Å². The Hall–Kier alpha value is -1.95. The molecular weight excluding hydrogens is 282 g/mol. The average Bonchev–Trinajstić information content (AvgIpc) is 2.72. The Balaban J connectivity index is 2.35. The number of carbonyl (C=O) groups is 2.